The van der Waals surface area contributed by atoms with Crippen molar-refractivity contribution >= 4 is 17.8 Å². The molecule has 5 nitrogen and oxygen atoms in total. The number of ether oxygens (including phenoxy) is 1. The third-order valence-corrected chi connectivity index (χ3v) is 3.81. The molecular weight excluding hydrogens is 326 g/mol. The van der Waals surface area contributed by atoms with Crippen LogP contribution in [-0.4, -0.2) is 11.2 Å². The number of halogens is 1. The summed E-state index contributed by atoms with van der Waals surface area (Å²) in [5.41, 5.74) is 2.40. The lowest BCUT2D eigenvalue weighted by Crippen LogP contribution is -1.98. The number of benzene rings is 2. The molecule has 1 heterocycles. The van der Waals surface area contributed by atoms with E-state index in [0.717, 1.165) is 22.6 Å². The van der Waals surface area contributed by atoms with E-state index in [0.29, 0.717) is 23.3 Å². The molecule has 0 bridgehead atoms. The van der Waals surface area contributed by atoms with Gasteiger partial charge < -0.3 is 15.0 Å². The van der Waals surface area contributed by atoms with Crippen molar-refractivity contribution in [2.45, 2.75) is 13.5 Å². The number of aryl methyl sites for hydroxylation is 1. The largest absolute Gasteiger partial charge is 0.487 e. The van der Waals surface area contributed by atoms with Gasteiger partial charge in [0.2, 0.25) is 5.89 Å². The van der Waals surface area contributed by atoms with Gasteiger partial charge in [-0.15, -0.1) is 0 Å². The molecule has 122 valence electrons. The number of aromatic nitrogens is 1. The minimum absolute atomic E-state index is 0.310. The van der Waals surface area contributed by atoms with Crippen molar-refractivity contribution in [1.29, 1.82) is 0 Å². The van der Waals surface area contributed by atoms with E-state index in [9.17, 15) is 0 Å². The Balaban J connectivity index is 1.73. The molecule has 0 spiro atoms. The van der Waals surface area contributed by atoms with Crippen molar-refractivity contribution in [3.8, 4) is 17.2 Å². The molecular formula is C18H16ClN3O2. The second-order valence-corrected chi connectivity index (χ2v) is 5.54. The third-order valence-electron chi connectivity index (χ3n) is 3.48. The molecule has 0 atom stereocenters. The van der Waals surface area contributed by atoms with Crippen LogP contribution in [-0.2, 0) is 6.61 Å². The van der Waals surface area contributed by atoms with E-state index in [1.807, 2.05) is 49.4 Å². The predicted octanol–water partition coefficient (Wildman–Crippen LogP) is 4.18. The first-order chi connectivity index (χ1) is 11.7. The molecule has 0 saturated carbocycles. The fourth-order valence-corrected chi connectivity index (χ4v) is 2.42. The Morgan fingerprint density at radius 2 is 1.96 bits per heavy atom. The highest BCUT2D eigenvalue weighted by Gasteiger charge is 2.14. The van der Waals surface area contributed by atoms with E-state index in [4.69, 9.17) is 26.6 Å². The van der Waals surface area contributed by atoms with Gasteiger partial charge in [-0.1, -0.05) is 23.7 Å². The van der Waals surface area contributed by atoms with E-state index < -0.39 is 0 Å². The Morgan fingerprint density at radius 3 is 2.67 bits per heavy atom. The summed E-state index contributed by atoms with van der Waals surface area (Å²) in [5.74, 6) is 7.05. The lowest BCUT2D eigenvalue weighted by Gasteiger charge is -2.04. The van der Waals surface area contributed by atoms with Crippen LogP contribution in [0.3, 0.4) is 0 Å². The summed E-state index contributed by atoms with van der Waals surface area (Å²) in [6.07, 6.45) is 1.57. The fourth-order valence-electron chi connectivity index (χ4n) is 2.20. The normalized spacial score (nSPS) is 11.1. The molecule has 3 rings (SSSR count). The monoisotopic (exact) mass is 341 g/mol. The maximum absolute atomic E-state index is 6.18. The fraction of sp³-hybridized carbons (Fsp3) is 0.111. The number of hydrazone groups is 1. The van der Waals surface area contributed by atoms with Crippen molar-refractivity contribution in [3.63, 3.8) is 0 Å². The lowest BCUT2D eigenvalue weighted by molar-refractivity contribution is 0.299. The van der Waals surface area contributed by atoms with Crippen molar-refractivity contribution in [3.05, 3.63) is 70.6 Å². The van der Waals surface area contributed by atoms with E-state index in [1.54, 1.807) is 12.3 Å². The molecule has 0 aliphatic carbocycles. The van der Waals surface area contributed by atoms with Gasteiger partial charge in [0, 0.05) is 0 Å². The van der Waals surface area contributed by atoms with Crippen LogP contribution in [0.2, 0.25) is 5.02 Å². The van der Waals surface area contributed by atoms with Crippen LogP contribution in [0.5, 0.6) is 5.75 Å². The van der Waals surface area contributed by atoms with E-state index in [-0.39, 0.29) is 0 Å². The second-order valence-electron chi connectivity index (χ2n) is 5.14. The van der Waals surface area contributed by atoms with Crippen molar-refractivity contribution in [1.82, 2.24) is 4.98 Å². The summed E-state index contributed by atoms with van der Waals surface area (Å²) in [5, 5.41) is 4.08. The Bertz CT molecular complexity index is 857. The Morgan fingerprint density at radius 1 is 1.21 bits per heavy atom. The standard InChI is InChI=1S/C18H16ClN3O2/c1-12-17(11-23-14-8-6-13(7-9-14)10-21-20)22-18(24-12)15-4-2-3-5-16(15)19/h2-10H,11,20H2,1H3. The van der Waals surface area contributed by atoms with Gasteiger partial charge in [-0.25, -0.2) is 4.98 Å². The minimum atomic E-state index is 0.310. The van der Waals surface area contributed by atoms with Crippen molar-refractivity contribution in [2.75, 3.05) is 0 Å². The van der Waals surface area contributed by atoms with E-state index >= 15 is 0 Å². The van der Waals surface area contributed by atoms with Crippen LogP contribution < -0.4 is 10.6 Å². The Labute approximate surface area is 144 Å². The van der Waals surface area contributed by atoms with Gasteiger partial charge in [0.05, 0.1) is 16.8 Å². The highest BCUT2D eigenvalue weighted by Crippen LogP contribution is 2.28. The maximum Gasteiger partial charge on any atom is 0.228 e. The quantitative estimate of drug-likeness (QED) is 0.429. The minimum Gasteiger partial charge on any atom is -0.487 e. The average Bonchev–Trinajstić information content (AvgIpc) is 2.96. The molecule has 0 amide bonds. The molecule has 0 radical (unpaired) electrons. The number of oxazole rings is 1. The summed E-state index contributed by atoms with van der Waals surface area (Å²) in [4.78, 5) is 4.49. The van der Waals surface area contributed by atoms with Gasteiger partial charge in [-0.3, -0.25) is 0 Å². The molecule has 0 aliphatic rings. The molecule has 2 N–H and O–H groups in total. The number of hydrogen-bond acceptors (Lipinski definition) is 5. The van der Waals surface area contributed by atoms with Gasteiger partial charge >= 0.3 is 0 Å². The number of nitrogens with zero attached hydrogens (tertiary/aromatic N) is 2. The first kappa shape index (κ1) is 16.1. The van der Waals surface area contributed by atoms with Gasteiger partial charge in [0.15, 0.2) is 0 Å². The van der Waals surface area contributed by atoms with Crippen LogP contribution in [0.1, 0.15) is 17.0 Å². The molecule has 0 unspecified atom stereocenters. The summed E-state index contributed by atoms with van der Waals surface area (Å²) < 4.78 is 11.5. The zero-order valence-corrected chi connectivity index (χ0v) is 13.8. The number of nitrogens with two attached hydrogens (primary N) is 1. The van der Waals surface area contributed by atoms with Crippen LogP contribution in [0.15, 0.2) is 58.0 Å². The molecule has 1 aromatic heterocycles. The molecule has 0 saturated heterocycles. The molecule has 2 aromatic carbocycles. The number of rotatable bonds is 5. The summed E-state index contributed by atoms with van der Waals surface area (Å²) in [6, 6.07) is 14.9. The van der Waals surface area contributed by atoms with E-state index in [2.05, 4.69) is 10.1 Å². The zero-order chi connectivity index (χ0) is 16.9. The first-order valence-electron chi connectivity index (χ1n) is 7.34. The molecule has 0 aliphatic heterocycles. The zero-order valence-electron chi connectivity index (χ0n) is 13.1. The third kappa shape index (κ3) is 3.58. The Kier molecular flexibility index (Phi) is 4.82. The molecule has 24 heavy (non-hydrogen) atoms. The SMILES string of the molecule is Cc1oc(-c2ccccc2Cl)nc1COc1ccc(C=NN)cc1. The highest BCUT2D eigenvalue weighted by molar-refractivity contribution is 6.33. The van der Waals surface area contributed by atoms with Crippen LogP contribution >= 0.6 is 11.6 Å². The van der Waals surface area contributed by atoms with Gasteiger partial charge in [-0.05, 0) is 48.9 Å². The first-order valence-corrected chi connectivity index (χ1v) is 7.72. The smallest absolute Gasteiger partial charge is 0.228 e. The number of hydrogen-bond donors (Lipinski definition) is 1. The Hall–Kier alpha value is -2.79. The topological polar surface area (TPSA) is 73.6 Å². The molecule has 3 aromatic rings. The molecule has 0 fully saturated rings. The van der Waals surface area contributed by atoms with Crippen LogP contribution in [0.25, 0.3) is 11.5 Å². The van der Waals surface area contributed by atoms with Gasteiger partial charge in [0.1, 0.15) is 23.8 Å². The summed E-state index contributed by atoms with van der Waals surface area (Å²) in [7, 11) is 0. The van der Waals surface area contributed by atoms with Gasteiger partial charge in [-0.2, -0.15) is 5.10 Å². The lowest BCUT2D eigenvalue weighted by atomic mass is 10.2. The summed E-state index contributed by atoms with van der Waals surface area (Å²) >= 11 is 6.18. The highest BCUT2D eigenvalue weighted by atomic mass is 35.5. The van der Waals surface area contributed by atoms with Gasteiger partial charge in [0.25, 0.3) is 0 Å². The second kappa shape index (κ2) is 7.19. The van der Waals surface area contributed by atoms with E-state index in [1.165, 1.54) is 0 Å². The van der Waals surface area contributed by atoms with Crippen LogP contribution in [0.4, 0.5) is 0 Å². The predicted molar refractivity (Wildman–Crippen MR) is 94.2 cm³/mol. The average molecular weight is 342 g/mol. The maximum atomic E-state index is 6.18. The van der Waals surface area contributed by atoms with Crippen molar-refractivity contribution < 1.29 is 9.15 Å². The summed E-state index contributed by atoms with van der Waals surface area (Å²) in [6.45, 7) is 2.16. The molecule has 6 heteroatoms. The van der Waals surface area contributed by atoms with Crippen molar-refractivity contribution in [2.24, 2.45) is 10.9 Å². The van der Waals surface area contributed by atoms with Crippen LogP contribution in [0, 0.1) is 6.92 Å².